The van der Waals surface area contributed by atoms with Crippen LogP contribution in [0.1, 0.15) is 34.2 Å². The summed E-state index contributed by atoms with van der Waals surface area (Å²) >= 11 is 0. The number of benzene rings is 1. The van der Waals surface area contributed by atoms with E-state index in [2.05, 4.69) is 15.2 Å². The quantitative estimate of drug-likeness (QED) is 0.347. The number of nitrogens with two attached hydrogens (primary N) is 2. The fourth-order valence-electron chi connectivity index (χ4n) is 3.00. The van der Waals surface area contributed by atoms with Crippen LogP contribution in [0.5, 0.6) is 0 Å². The van der Waals surface area contributed by atoms with Crippen LogP contribution in [0.15, 0.2) is 29.4 Å². The van der Waals surface area contributed by atoms with Gasteiger partial charge in [-0.25, -0.2) is 4.99 Å². The molecule has 1 aromatic carbocycles. The third kappa shape index (κ3) is 3.83. The molecule has 0 fully saturated rings. The van der Waals surface area contributed by atoms with Gasteiger partial charge in [-0.15, -0.1) is 0 Å². The largest absolute Gasteiger partial charge is 0.480 e. The average molecular weight is 396 g/mol. The third-order valence-electron chi connectivity index (χ3n) is 4.28. The smallest absolute Gasteiger partial charge is 0.325 e. The number of primary amides is 1. The minimum absolute atomic E-state index is 0.0283. The molecule has 2 heterocycles. The Kier molecular flexibility index (Phi) is 5.13. The van der Waals surface area contributed by atoms with Gasteiger partial charge in [0.25, 0.3) is 0 Å². The first kappa shape index (κ1) is 19.7. The molecule has 11 nitrogen and oxygen atoms in total. The predicted octanol–water partition coefficient (Wildman–Crippen LogP) is 0.475. The van der Waals surface area contributed by atoms with E-state index in [1.165, 1.54) is 23.0 Å². The number of aryl methyl sites for hydroxylation is 2. The molecule has 0 saturated carbocycles. The standard InChI is InChI=1S/C18H20N8O3/c1-3-25-14(4-9(2)24-25)17(20)23-16(19)11-5-10(18(21)29)6-13-12(11)7-22-26(13)8-15(27)28/h4-7H,3,8H2,1-2H3,(H2,21,29)(H,27,28)(H3,19,20,23). The number of carboxylic acids is 1. The third-order valence-corrected chi connectivity index (χ3v) is 4.28. The summed E-state index contributed by atoms with van der Waals surface area (Å²) < 4.78 is 2.86. The monoisotopic (exact) mass is 396 g/mol. The Balaban J connectivity index is 2.13. The minimum atomic E-state index is -1.09. The van der Waals surface area contributed by atoms with Crippen LogP contribution < -0.4 is 11.5 Å². The maximum absolute atomic E-state index is 11.7. The number of rotatable bonds is 6. The zero-order valence-corrected chi connectivity index (χ0v) is 15.9. The van der Waals surface area contributed by atoms with Crippen molar-refractivity contribution in [1.29, 1.82) is 5.41 Å². The van der Waals surface area contributed by atoms with Gasteiger partial charge >= 0.3 is 5.97 Å². The molecule has 0 atom stereocenters. The summed E-state index contributed by atoms with van der Waals surface area (Å²) in [6.07, 6.45) is 1.44. The zero-order valence-electron chi connectivity index (χ0n) is 15.9. The summed E-state index contributed by atoms with van der Waals surface area (Å²) in [4.78, 5) is 27.0. The number of hydrogen-bond acceptors (Lipinski definition) is 5. The van der Waals surface area contributed by atoms with Gasteiger partial charge in [0, 0.05) is 23.1 Å². The van der Waals surface area contributed by atoms with E-state index in [1.807, 2.05) is 13.8 Å². The maximum Gasteiger partial charge on any atom is 0.325 e. The van der Waals surface area contributed by atoms with Crippen molar-refractivity contribution in [3.63, 3.8) is 0 Å². The normalized spacial score (nSPS) is 11.7. The van der Waals surface area contributed by atoms with Crippen molar-refractivity contribution in [2.24, 2.45) is 16.5 Å². The van der Waals surface area contributed by atoms with Gasteiger partial charge in [0.2, 0.25) is 5.91 Å². The Morgan fingerprint density at radius 2 is 1.97 bits per heavy atom. The van der Waals surface area contributed by atoms with E-state index in [0.29, 0.717) is 28.7 Å². The van der Waals surface area contributed by atoms with Gasteiger partial charge in [0.05, 0.1) is 17.4 Å². The lowest BCUT2D eigenvalue weighted by Gasteiger charge is -2.08. The van der Waals surface area contributed by atoms with Crippen LogP contribution in [0, 0.1) is 12.3 Å². The van der Waals surface area contributed by atoms with E-state index in [0.717, 1.165) is 5.69 Å². The van der Waals surface area contributed by atoms with E-state index in [9.17, 15) is 9.59 Å². The Morgan fingerprint density at radius 1 is 1.24 bits per heavy atom. The second kappa shape index (κ2) is 7.54. The summed E-state index contributed by atoms with van der Waals surface area (Å²) in [5.74, 6) is -1.92. The Morgan fingerprint density at radius 3 is 2.59 bits per heavy atom. The SMILES string of the molecule is CCn1nc(C)cc1C(=N)/N=C(\N)c1cc(C(N)=O)cc2c1cnn2CC(=O)O. The number of hydrogen-bond donors (Lipinski definition) is 4. The summed E-state index contributed by atoms with van der Waals surface area (Å²) in [6, 6.07) is 4.63. The van der Waals surface area contributed by atoms with Crippen LogP contribution in [-0.4, -0.2) is 48.2 Å². The van der Waals surface area contributed by atoms with Crippen molar-refractivity contribution in [1.82, 2.24) is 19.6 Å². The average Bonchev–Trinajstić information content (AvgIpc) is 3.23. The van der Waals surface area contributed by atoms with Gasteiger partial charge in [-0.2, -0.15) is 10.2 Å². The number of carbonyl (C=O) groups excluding carboxylic acids is 1. The number of amides is 1. The van der Waals surface area contributed by atoms with Crippen molar-refractivity contribution in [3.05, 3.63) is 46.9 Å². The van der Waals surface area contributed by atoms with Crippen molar-refractivity contribution in [3.8, 4) is 0 Å². The minimum Gasteiger partial charge on any atom is -0.480 e. The molecule has 0 aliphatic carbocycles. The van der Waals surface area contributed by atoms with Crippen molar-refractivity contribution in [2.75, 3.05) is 0 Å². The lowest BCUT2D eigenvalue weighted by Crippen LogP contribution is -2.20. The molecule has 1 amide bonds. The number of carbonyl (C=O) groups is 2. The number of aromatic nitrogens is 4. The lowest BCUT2D eigenvalue weighted by atomic mass is 10.0. The molecule has 0 saturated heterocycles. The molecule has 0 aliphatic heterocycles. The number of carboxylic acid groups (broad SMARTS) is 1. The van der Waals surface area contributed by atoms with E-state index < -0.39 is 18.4 Å². The van der Waals surface area contributed by atoms with Crippen LogP contribution in [0.4, 0.5) is 0 Å². The molecule has 6 N–H and O–H groups in total. The van der Waals surface area contributed by atoms with Crippen molar-refractivity contribution >= 4 is 34.5 Å². The van der Waals surface area contributed by atoms with Gasteiger partial charge < -0.3 is 16.6 Å². The molecule has 0 unspecified atom stereocenters. The molecule has 0 spiro atoms. The highest BCUT2D eigenvalue weighted by atomic mass is 16.4. The van der Waals surface area contributed by atoms with Crippen LogP contribution in [0.3, 0.4) is 0 Å². The van der Waals surface area contributed by atoms with Crippen LogP contribution >= 0.6 is 0 Å². The molecule has 150 valence electrons. The molecule has 3 rings (SSSR count). The first-order valence-electron chi connectivity index (χ1n) is 8.70. The lowest BCUT2D eigenvalue weighted by molar-refractivity contribution is -0.137. The maximum atomic E-state index is 11.7. The Labute approximate surface area is 165 Å². The molecule has 0 radical (unpaired) electrons. The summed E-state index contributed by atoms with van der Waals surface area (Å²) in [5, 5.41) is 26.2. The van der Waals surface area contributed by atoms with Gasteiger partial charge in [-0.05, 0) is 32.0 Å². The van der Waals surface area contributed by atoms with Gasteiger partial charge in [-0.1, -0.05) is 0 Å². The second-order valence-electron chi connectivity index (χ2n) is 6.35. The van der Waals surface area contributed by atoms with Crippen LogP contribution in [0.2, 0.25) is 0 Å². The molecular formula is C18H20N8O3. The molecule has 29 heavy (non-hydrogen) atoms. The van der Waals surface area contributed by atoms with Crippen molar-refractivity contribution in [2.45, 2.75) is 26.9 Å². The molecule has 2 aromatic heterocycles. The fourth-order valence-corrected chi connectivity index (χ4v) is 3.00. The Bertz CT molecular complexity index is 1170. The predicted molar refractivity (Wildman–Crippen MR) is 106 cm³/mol. The van der Waals surface area contributed by atoms with Crippen LogP contribution in [0.25, 0.3) is 10.9 Å². The number of aliphatic carboxylic acids is 1. The second-order valence-corrected chi connectivity index (χ2v) is 6.35. The number of amidine groups is 2. The van der Waals surface area contributed by atoms with Gasteiger partial charge in [0.1, 0.15) is 18.1 Å². The molecule has 0 aliphatic rings. The highest BCUT2D eigenvalue weighted by Gasteiger charge is 2.17. The summed E-state index contributed by atoms with van der Waals surface area (Å²) in [5.41, 5.74) is 13.6. The van der Waals surface area contributed by atoms with E-state index >= 15 is 0 Å². The molecule has 3 aromatic rings. The molecular weight excluding hydrogens is 376 g/mol. The molecule has 0 bridgehead atoms. The first-order valence-corrected chi connectivity index (χ1v) is 8.70. The van der Waals surface area contributed by atoms with E-state index in [-0.39, 0.29) is 17.2 Å². The topological polar surface area (TPSA) is 178 Å². The molecule has 11 heteroatoms. The summed E-state index contributed by atoms with van der Waals surface area (Å²) in [7, 11) is 0. The van der Waals surface area contributed by atoms with Crippen molar-refractivity contribution < 1.29 is 14.7 Å². The highest BCUT2D eigenvalue weighted by Crippen LogP contribution is 2.22. The Hall–Kier alpha value is -4.02. The van der Waals surface area contributed by atoms with Crippen LogP contribution in [-0.2, 0) is 17.9 Å². The zero-order chi connectivity index (χ0) is 21.3. The number of nitrogens with zero attached hydrogens (tertiary/aromatic N) is 5. The van der Waals surface area contributed by atoms with E-state index in [1.54, 1.807) is 10.7 Å². The summed E-state index contributed by atoms with van der Waals surface area (Å²) in [6.45, 7) is 3.87. The van der Waals surface area contributed by atoms with E-state index in [4.69, 9.17) is 22.0 Å². The van der Waals surface area contributed by atoms with Gasteiger partial charge in [0.15, 0.2) is 5.84 Å². The first-order chi connectivity index (χ1) is 13.7. The number of aliphatic imine (C=N–C) groups is 1. The number of fused-ring (bicyclic) bond motifs is 1. The highest BCUT2D eigenvalue weighted by molar-refractivity contribution is 6.15. The van der Waals surface area contributed by atoms with Gasteiger partial charge in [-0.3, -0.25) is 24.4 Å². The fraction of sp³-hybridized carbons (Fsp3) is 0.222. The number of nitrogens with one attached hydrogen (secondary N) is 1.